The first kappa shape index (κ1) is 11.4. The van der Waals surface area contributed by atoms with Crippen molar-refractivity contribution in [3.63, 3.8) is 0 Å². The highest BCUT2D eigenvalue weighted by atomic mass is 15.2. The maximum Gasteiger partial charge on any atom is 0.0393 e. The number of hydrogen-bond donors (Lipinski definition) is 1. The standard InChI is InChI=1S/C13H21N3/c1-11-9-13(5-6-14-11)15-12(2)10-16-7-3-4-8-16/h5-6,9,12H,3-4,7-8,10H2,1-2H3,(H,14,15). The molecule has 0 spiro atoms. The maximum atomic E-state index is 4.20. The van der Waals surface area contributed by atoms with Gasteiger partial charge >= 0.3 is 0 Å². The molecule has 0 aromatic carbocycles. The molecule has 0 aliphatic carbocycles. The number of aryl methyl sites for hydroxylation is 1. The number of hydrogen-bond acceptors (Lipinski definition) is 3. The van der Waals surface area contributed by atoms with E-state index in [0.29, 0.717) is 6.04 Å². The highest BCUT2D eigenvalue weighted by molar-refractivity contribution is 5.43. The van der Waals surface area contributed by atoms with Crippen molar-refractivity contribution >= 4 is 5.69 Å². The minimum Gasteiger partial charge on any atom is -0.381 e. The quantitative estimate of drug-likeness (QED) is 0.842. The Kier molecular flexibility index (Phi) is 3.78. The molecule has 1 aromatic heterocycles. The number of anilines is 1. The number of likely N-dealkylation sites (tertiary alicyclic amines) is 1. The zero-order valence-electron chi connectivity index (χ0n) is 10.2. The van der Waals surface area contributed by atoms with E-state index in [1.54, 1.807) is 0 Å². The number of nitrogens with zero attached hydrogens (tertiary/aromatic N) is 2. The summed E-state index contributed by atoms with van der Waals surface area (Å²) in [6.45, 7) is 7.94. The summed E-state index contributed by atoms with van der Waals surface area (Å²) in [7, 11) is 0. The third-order valence-electron chi connectivity index (χ3n) is 3.04. The van der Waals surface area contributed by atoms with Crippen LogP contribution in [0.4, 0.5) is 5.69 Å². The Balaban J connectivity index is 1.84. The zero-order chi connectivity index (χ0) is 11.4. The van der Waals surface area contributed by atoms with Crippen LogP contribution in [0.5, 0.6) is 0 Å². The first-order valence-electron chi connectivity index (χ1n) is 6.15. The number of nitrogens with one attached hydrogen (secondary N) is 1. The van der Waals surface area contributed by atoms with E-state index in [-0.39, 0.29) is 0 Å². The fourth-order valence-corrected chi connectivity index (χ4v) is 2.32. The van der Waals surface area contributed by atoms with Gasteiger partial charge in [0.15, 0.2) is 0 Å². The summed E-state index contributed by atoms with van der Waals surface area (Å²) in [5.74, 6) is 0. The van der Waals surface area contributed by atoms with Gasteiger partial charge in [-0.3, -0.25) is 4.98 Å². The van der Waals surface area contributed by atoms with Gasteiger partial charge < -0.3 is 10.2 Å². The Labute approximate surface area is 97.9 Å². The van der Waals surface area contributed by atoms with E-state index in [0.717, 1.165) is 12.2 Å². The van der Waals surface area contributed by atoms with Crippen LogP contribution < -0.4 is 5.32 Å². The van der Waals surface area contributed by atoms with Crippen LogP contribution in [0.2, 0.25) is 0 Å². The first-order valence-corrected chi connectivity index (χ1v) is 6.15. The average molecular weight is 219 g/mol. The Morgan fingerprint density at radius 1 is 1.44 bits per heavy atom. The molecule has 1 unspecified atom stereocenters. The monoisotopic (exact) mass is 219 g/mol. The van der Waals surface area contributed by atoms with Crippen LogP contribution in [0.15, 0.2) is 18.3 Å². The number of aromatic nitrogens is 1. The van der Waals surface area contributed by atoms with Crippen molar-refractivity contribution in [2.45, 2.75) is 32.7 Å². The van der Waals surface area contributed by atoms with E-state index < -0.39 is 0 Å². The summed E-state index contributed by atoms with van der Waals surface area (Å²) in [6, 6.07) is 4.63. The van der Waals surface area contributed by atoms with Gasteiger partial charge in [-0.1, -0.05) is 0 Å². The molecular weight excluding hydrogens is 198 g/mol. The molecule has 1 saturated heterocycles. The van der Waals surface area contributed by atoms with Crippen LogP contribution in [-0.4, -0.2) is 35.6 Å². The molecule has 16 heavy (non-hydrogen) atoms. The largest absolute Gasteiger partial charge is 0.381 e. The number of rotatable bonds is 4. The van der Waals surface area contributed by atoms with E-state index in [1.807, 2.05) is 19.2 Å². The third kappa shape index (κ3) is 3.20. The van der Waals surface area contributed by atoms with Crippen LogP contribution in [0.25, 0.3) is 0 Å². The molecule has 0 saturated carbocycles. The van der Waals surface area contributed by atoms with Gasteiger partial charge in [-0.2, -0.15) is 0 Å². The van der Waals surface area contributed by atoms with Gasteiger partial charge in [0.25, 0.3) is 0 Å². The molecule has 2 heterocycles. The van der Waals surface area contributed by atoms with Gasteiger partial charge in [0.1, 0.15) is 0 Å². The second-order valence-electron chi connectivity index (χ2n) is 4.74. The highest BCUT2D eigenvalue weighted by Crippen LogP contribution is 2.12. The molecule has 1 aliphatic heterocycles. The molecule has 1 N–H and O–H groups in total. The van der Waals surface area contributed by atoms with Gasteiger partial charge in [-0.15, -0.1) is 0 Å². The lowest BCUT2D eigenvalue weighted by Crippen LogP contribution is -2.32. The molecule has 2 rings (SSSR count). The summed E-state index contributed by atoms with van der Waals surface area (Å²) < 4.78 is 0. The van der Waals surface area contributed by atoms with Crippen LogP contribution in [0.1, 0.15) is 25.5 Å². The van der Waals surface area contributed by atoms with Crippen LogP contribution >= 0.6 is 0 Å². The molecule has 0 amide bonds. The molecule has 3 nitrogen and oxygen atoms in total. The van der Waals surface area contributed by atoms with E-state index in [4.69, 9.17) is 0 Å². The fourth-order valence-electron chi connectivity index (χ4n) is 2.32. The maximum absolute atomic E-state index is 4.20. The van der Waals surface area contributed by atoms with Crippen molar-refractivity contribution in [1.29, 1.82) is 0 Å². The highest BCUT2D eigenvalue weighted by Gasteiger charge is 2.14. The Hall–Kier alpha value is -1.09. The lowest BCUT2D eigenvalue weighted by molar-refractivity contribution is 0.328. The van der Waals surface area contributed by atoms with Crippen LogP contribution in [-0.2, 0) is 0 Å². The lowest BCUT2D eigenvalue weighted by atomic mass is 10.2. The van der Waals surface area contributed by atoms with E-state index in [1.165, 1.54) is 31.6 Å². The predicted octanol–water partition coefficient (Wildman–Crippen LogP) is 2.29. The minimum atomic E-state index is 0.500. The summed E-state index contributed by atoms with van der Waals surface area (Å²) >= 11 is 0. The van der Waals surface area contributed by atoms with Crippen molar-refractivity contribution in [3.05, 3.63) is 24.0 Å². The van der Waals surface area contributed by atoms with Crippen molar-refractivity contribution in [2.24, 2.45) is 0 Å². The molecule has 1 aromatic rings. The molecule has 1 aliphatic rings. The Bertz CT molecular complexity index is 332. The molecule has 3 heteroatoms. The minimum absolute atomic E-state index is 0.500. The van der Waals surface area contributed by atoms with Crippen molar-refractivity contribution < 1.29 is 0 Å². The van der Waals surface area contributed by atoms with Gasteiger partial charge in [0.05, 0.1) is 0 Å². The fraction of sp³-hybridized carbons (Fsp3) is 0.615. The Morgan fingerprint density at radius 2 is 2.19 bits per heavy atom. The van der Waals surface area contributed by atoms with Crippen LogP contribution in [0.3, 0.4) is 0 Å². The normalized spacial score (nSPS) is 18.6. The summed E-state index contributed by atoms with van der Waals surface area (Å²) in [4.78, 5) is 6.73. The second-order valence-corrected chi connectivity index (χ2v) is 4.74. The average Bonchev–Trinajstić information content (AvgIpc) is 2.70. The molecule has 1 atom stereocenters. The third-order valence-corrected chi connectivity index (χ3v) is 3.04. The van der Waals surface area contributed by atoms with Gasteiger partial charge in [0, 0.05) is 30.2 Å². The summed E-state index contributed by atoms with van der Waals surface area (Å²) in [5.41, 5.74) is 2.25. The molecule has 0 bridgehead atoms. The van der Waals surface area contributed by atoms with E-state index in [9.17, 15) is 0 Å². The Morgan fingerprint density at radius 3 is 2.88 bits per heavy atom. The number of pyridine rings is 1. The second kappa shape index (κ2) is 5.30. The van der Waals surface area contributed by atoms with E-state index >= 15 is 0 Å². The first-order chi connectivity index (χ1) is 7.74. The summed E-state index contributed by atoms with van der Waals surface area (Å²) in [6.07, 6.45) is 4.59. The van der Waals surface area contributed by atoms with Crippen molar-refractivity contribution in [2.75, 3.05) is 25.0 Å². The van der Waals surface area contributed by atoms with Gasteiger partial charge in [0.2, 0.25) is 0 Å². The van der Waals surface area contributed by atoms with Crippen molar-refractivity contribution in [3.8, 4) is 0 Å². The van der Waals surface area contributed by atoms with Gasteiger partial charge in [-0.05, 0) is 51.9 Å². The van der Waals surface area contributed by atoms with Gasteiger partial charge in [-0.25, -0.2) is 0 Å². The van der Waals surface area contributed by atoms with Crippen molar-refractivity contribution in [1.82, 2.24) is 9.88 Å². The molecule has 1 fully saturated rings. The predicted molar refractivity (Wildman–Crippen MR) is 67.7 cm³/mol. The SMILES string of the molecule is Cc1cc(NC(C)CN2CCCC2)ccn1. The topological polar surface area (TPSA) is 28.2 Å². The molecule has 0 radical (unpaired) electrons. The zero-order valence-corrected chi connectivity index (χ0v) is 10.2. The van der Waals surface area contributed by atoms with E-state index in [2.05, 4.69) is 28.2 Å². The molecule has 88 valence electrons. The summed E-state index contributed by atoms with van der Waals surface area (Å²) in [5, 5.41) is 3.53. The lowest BCUT2D eigenvalue weighted by Gasteiger charge is -2.22. The molecular formula is C13H21N3. The van der Waals surface area contributed by atoms with Crippen LogP contribution in [0, 0.1) is 6.92 Å². The smallest absolute Gasteiger partial charge is 0.0393 e.